The first-order valence-corrected chi connectivity index (χ1v) is 12.0. The minimum absolute atomic E-state index is 0.966. The van der Waals surface area contributed by atoms with Crippen LogP contribution in [0.4, 0.5) is 0 Å². The molecule has 0 aromatic heterocycles. The molecule has 0 saturated heterocycles. The van der Waals surface area contributed by atoms with Crippen molar-refractivity contribution in [3.63, 3.8) is 0 Å². The first-order valence-electron chi connectivity index (χ1n) is 9.91. The summed E-state index contributed by atoms with van der Waals surface area (Å²) in [7, 11) is -2.68. The second-order valence-electron chi connectivity index (χ2n) is 7.36. The SMILES string of the molecule is C=C[Si](C#Cc1ccc(C)cc1)(C#Cc1ccc(C)cc1)C#Cc1ccc(C)cc1. The van der Waals surface area contributed by atoms with Crippen LogP contribution in [-0.2, 0) is 0 Å². The molecule has 0 radical (unpaired) electrons. The van der Waals surface area contributed by atoms with Crippen LogP contribution in [-0.4, -0.2) is 8.07 Å². The van der Waals surface area contributed by atoms with Crippen LogP contribution in [0.2, 0.25) is 0 Å². The lowest BCUT2D eigenvalue weighted by atomic mass is 10.2. The van der Waals surface area contributed by atoms with Gasteiger partial charge in [-0.3, -0.25) is 0 Å². The van der Waals surface area contributed by atoms with Crippen LogP contribution < -0.4 is 0 Å². The van der Waals surface area contributed by atoms with Crippen molar-refractivity contribution < 1.29 is 0 Å². The van der Waals surface area contributed by atoms with Crippen molar-refractivity contribution in [1.29, 1.82) is 0 Å². The predicted octanol–water partition coefficient (Wildman–Crippen LogP) is 5.86. The van der Waals surface area contributed by atoms with Gasteiger partial charge in [-0.1, -0.05) is 93.2 Å². The topological polar surface area (TPSA) is 0 Å². The molecule has 0 nitrogen and oxygen atoms in total. The zero-order valence-corrected chi connectivity index (χ0v) is 18.7. The van der Waals surface area contributed by atoms with Gasteiger partial charge in [0.15, 0.2) is 0 Å². The van der Waals surface area contributed by atoms with Gasteiger partial charge < -0.3 is 0 Å². The summed E-state index contributed by atoms with van der Waals surface area (Å²) in [5.74, 6) is 9.87. The molecule has 0 heterocycles. The number of benzene rings is 3. The van der Waals surface area contributed by atoms with Gasteiger partial charge in [-0.05, 0) is 57.2 Å². The first kappa shape index (κ1) is 21.0. The Kier molecular flexibility index (Phi) is 6.77. The molecular weight excluding hydrogens is 376 g/mol. The third-order valence-corrected chi connectivity index (χ3v) is 6.84. The van der Waals surface area contributed by atoms with Crippen LogP contribution in [0, 0.1) is 55.2 Å². The Morgan fingerprint density at radius 2 is 0.800 bits per heavy atom. The average molecular weight is 401 g/mol. The molecule has 0 bridgehead atoms. The van der Waals surface area contributed by atoms with Crippen molar-refractivity contribution >= 4 is 8.07 Å². The highest BCUT2D eigenvalue weighted by Crippen LogP contribution is 2.08. The summed E-state index contributed by atoms with van der Waals surface area (Å²) in [5, 5.41) is 0. The van der Waals surface area contributed by atoms with Crippen LogP contribution in [0.3, 0.4) is 0 Å². The van der Waals surface area contributed by atoms with E-state index in [1.54, 1.807) is 0 Å². The van der Waals surface area contributed by atoms with Crippen LogP contribution in [0.1, 0.15) is 33.4 Å². The van der Waals surface area contributed by atoms with Gasteiger partial charge in [-0.25, -0.2) is 0 Å². The van der Waals surface area contributed by atoms with E-state index >= 15 is 0 Å². The van der Waals surface area contributed by atoms with Gasteiger partial charge in [-0.2, -0.15) is 0 Å². The monoisotopic (exact) mass is 400 g/mol. The molecule has 3 aromatic rings. The second-order valence-corrected chi connectivity index (χ2v) is 10.1. The van der Waals surface area contributed by atoms with Gasteiger partial charge >= 0.3 is 8.07 Å². The van der Waals surface area contributed by atoms with E-state index in [9.17, 15) is 0 Å². The van der Waals surface area contributed by atoms with E-state index < -0.39 is 8.07 Å². The van der Waals surface area contributed by atoms with Crippen LogP contribution >= 0.6 is 0 Å². The summed E-state index contributed by atoms with van der Waals surface area (Å²) in [6.07, 6.45) is 0. The van der Waals surface area contributed by atoms with E-state index in [2.05, 4.69) is 98.1 Å². The minimum Gasteiger partial charge on any atom is -0.104 e. The Balaban J connectivity index is 2.04. The molecule has 0 aliphatic carbocycles. The normalized spacial score (nSPS) is 9.83. The Hall–Kier alpha value is -3.70. The van der Waals surface area contributed by atoms with Gasteiger partial charge in [-0.15, -0.1) is 6.58 Å². The molecule has 30 heavy (non-hydrogen) atoms. The maximum absolute atomic E-state index is 4.07. The molecule has 0 N–H and O–H groups in total. The molecule has 3 aromatic carbocycles. The molecule has 0 aliphatic rings. The van der Waals surface area contributed by atoms with Gasteiger partial charge in [0.05, 0.1) is 0 Å². The summed E-state index contributed by atoms with van der Waals surface area (Å²) >= 11 is 0. The third-order valence-electron chi connectivity index (χ3n) is 4.67. The maximum atomic E-state index is 4.07. The van der Waals surface area contributed by atoms with E-state index in [-0.39, 0.29) is 0 Å². The van der Waals surface area contributed by atoms with Gasteiger partial charge in [0.25, 0.3) is 0 Å². The highest BCUT2D eigenvalue weighted by atomic mass is 28.3. The number of rotatable bonds is 1. The van der Waals surface area contributed by atoms with E-state index in [4.69, 9.17) is 0 Å². The standard InChI is InChI=1S/C29H24Si/c1-5-30(21-18-27-12-6-24(2)7-13-27,22-19-28-14-8-25(3)9-15-28)23-20-29-16-10-26(4)11-17-29/h5-17H,1H2,2-4H3. The number of hydrogen-bond donors (Lipinski definition) is 0. The highest BCUT2D eigenvalue weighted by Gasteiger charge is 2.23. The Morgan fingerprint density at radius 1 is 0.533 bits per heavy atom. The van der Waals surface area contributed by atoms with E-state index in [1.165, 1.54) is 16.7 Å². The zero-order chi connectivity index (χ0) is 21.4. The van der Waals surface area contributed by atoms with Crippen molar-refractivity contribution in [3.05, 3.63) is 118 Å². The summed E-state index contributed by atoms with van der Waals surface area (Å²) in [6.45, 7) is 10.3. The van der Waals surface area contributed by atoms with E-state index in [0.29, 0.717) is 0 Å². The molecule has 0 aliphatic heterocycles. The minimum atomic E-state index is -2.68. The quantitative estimate of drug-likeness (QED) is 0.355. The Morgan fingerprint density at radius 3 is 1.03 bits per heavy atom. The van der Waals surface area contributed by atoms with Crippen LogP contribution in [0.5, 0.6) is 0 Å². The fraction of sp³-hybridized carbons (Fsp3) is 0.103. The van der Waals surface area contributed by atoms with Crippen molar-refractivity contribution in [1.82, 2.24) is 0 Å². The summed E-state index contributed by atoms with van der Waals surface area (Å²) < 4.78 is 0. The molecule has 144 valence electrons. The summed E-state index contributed by atoms with van der Waals surface area (Å²) in [4.78, 5) is 0. The molecule has 0 amide bonds. The summed E-state index contributed by atoms with van der Waals surface area (Å²) in [6, 6.07) is 24.6. The lowest BCUT2D eigenvalue weighted by Gasteiger charge is -2.06. The van der Waals surface area contributed by atoms with Gasteiger partial charge in [0.2, 0.25) is 0 Å². The van der Waals surface area contributed by atoms with Crippen molar-refractivity contribution in [2.24, 2.45) is 0 Å². The average Bonchev–Trinajstić information content (AvgIpc) is 2.77. The number of hydrogen-bond acceptors (Lipinski definition) is 0. The molecule has 0 unspecified atom stereocenters. The zero-order valence-electron chi connectivity index (χ0n) is 17.7. The van der Waals surface area contributed by atoms with Crippen molar-refractivity contribution in [3.8, 4) is 34.4 Å². The van der Waals surface area contributed by atoms with Gasteiger partial charge in [0, 0.05) is 16.7 Å². The molecule has 0 atom stereocenters. The van der Waals surface area contributed by atoms with E-state index in [1.807, 2.05) is 42.1 Å². The Bertz CT molecular complexity index is 1050. The molecule has 0 spiro atoms. The summed E-state index contributed by atoms with van der Waals surface area (Å²) in [5.41, 5.74) is 18.6. The van der Waals surface area contributed by atoms with Crippen molar-refractivity contribution in [2.45, 2.75) is 20.8 Å². The van der Waals surface area contributed by atoms with Gasteiger partial charge in [0.1, 0.15) is 0 Å². The predicted molar refractivity (Wildman–Crippen MR) is 130 cm³/mol. The van der Waals surface area contributed by atoms with Crippen LogP contribution in [0.25, 0.3) is 0 Å². The first-order chi connectivity index (χ1) is 14.5. The second kappa shape index (κ2) is 9.67. The Labute approximate surface area is 181 Å². The maximum Gasteiger partial charge on any atom is 0.315 e. The van der Waals surface area contributed by atoms with Crippen LogP contribution in [0.15, 0.2) is 85.1 Å². The number of aryl methyl sites for hydroxylation is 3. The fourth-order valence-electron chi connectivity index (χ4n) is 2.67. The molecule has 1 heteroatoms. The molecule has 0 fully saturated rings. The third kappa shape index (κ3) is 5.89. The smallest absolute Gasteiger partial charge is 0.104 e. The largest absolute Gasteiger partial charge is 0.315 e. The van der Waals surface area contributed by atoms with E-state index in [0.717, 1.165) is 16.7 Å². The molecule has 3 rings (SSSR count). The van der Waals surface area contributed by atoms with Crippen molar-refractivity contribution in [2.75, 3.05) is 0 Å². The molecular formula is C29H24Si. The molecule has 0 saturated carbocycles. The lowest BCUT2D eigenvalue weighted by molar-refractivity contribution is 1.46. The fourth-order valence-corrected chi connectivity index (χ4v) is 4.19. The highest BCUT2D eigenvalue weighted by molar-refractivity contribution is 7.04. The lowest BCUT2D eigenvalue weighted by Crippen LogP contribution is -2.27.